The predicted octanol–water partition coefficient (Wildman–Crippen LogP) is 1.99. The van der Waals surface area contributed by atoms with Gasteiger partial charge in [0.2, 0.25) is 0 Å². The van der Waals surface area contributed by atoms with Gasteiger partial charge in [0.25, 0.3) is 0 Å². The highest BCUT2D eigenvalue weighted by atomic mass is 35.5. The first kappa shape index (κ1) is 19.4. The third kappa shape index (κ3) is 9.90. The van der Waals surface area contributed by atoms with E-state index < -0.39 is 23.5 Å². The molecular weight excluding hydrogens is 300 g/mol. The number of halogens is 1. The maximum Gasteiger partial charge on any atom is 0.333 e. The molecule has 0 rings (SSSR count). The summed E-state index contributed by atoms with van der Waals surface area (Å²) in [5.41, 5.74) is -0.493. The highest BCUT2D eigenvalue weighted by molar-refractivity contribution is 6.18. The van der Waals surface area contributed by atoms with E-state index in [4.69, 9.17) is 25.8 Å². The van der Waals surface area contributed by atoms with Crippen LogP contribution in [0.3, 0.4) is 0 Å². The van der Waals surface area contributed by atoms with E-state index in [0.29, 0.717) is 0 Å². The minimum atomic E-state index is -0.751. The molecule has 0 aromatic heterocycles. The molecule has 120 valence electrons. The van der Waals surface area contributed by atoms with Crippen molar-refractivity contribution in [1.82, 2.24) is 0 Å². The molecule has 0 atom stereocenters. The third-order valence-electron chi connectivity index (χ3n) is 2.17. The predicted molar refractivity (Wildman–Crippen MR) is 76.9 cm³/mol. The Morgan fingerprint density at radius 1 is 1.05 bits per heavy atom. The van der Waals surface area contributed by atoms with Crippen LogP contribution in [0.4, 0.5) is 0 Å². The Hall–Kier alpha value is -1.56. The van der Waals surface area contributed by atoms with Crippen LogP contribution >= 0.6 is 11.6 Å². The lowest BCUT2D eigenvalue weighted by molar-refractivity contribution is -0.157. The van der Waals surface area contributed by atoms with E-state index in [1.54, 1.807) is 13.8 Å². The lowest BCUT2D eigenvalue weighted by Crippen LogP contribution is -2.30. The Morgan fingerprint density at radius 3 is 2.10 bits per heavy atom. The summed E-state index contributed by atoms with van der Waals surface area (Å²) in [6.07, 6.45) is -0.140. The summed E-state index contributed by atoms with van der Waals surface area (Å²) in [5.74, 6) is -1.45. The molecule has 6 nitrogen and oxygen atoms in total. The minimum absolute atomic E-state index is 0.0579. The SMILES string of the molecule is C=C(C)C(=O)OCCC(=O)OCCC(=O)OC(C)(C)CCl. The maximum absolute atomic E-state index is 11.4. The molecule has 0 heterocycles. The van der Waals surface area contributed by atoms with Crippen molar-refractivity contribution in [2.45, 2.75) is 39.2 Å². The first-order valence-electron chi connectivity index (χ1n) is 6.44. The third-order valence-corrected chi connectivity index (χ3v) is 2.81. The molecule has 0 spiro atoms. The minimum Gasteiger partial charge on any atom is -0.465 e. The van der Waals surface area contributed by atoms with Crippen molar-refractivity contribution in [2.24, 2.45) is 0 Å². The van der Waals surface area contributed by atoms with Gasteiger partial charge in [-0.2, -0.15) is 0 Å². The Balaban J connectivity index is 3.78. The van der Waals surface area contributed by atoms with E-state index in [0.717, 1.165) is 0 Å². The molecule has 0 bridgehead atoms. The normalized spacial score (nSPS) is 10.7. The summed E-state index contributed by atoms with van der Waals surface area (Å²) in [4.78, 5) is 33.8. The lowest BCUT2D eigenvalue weighted by Gasteiger charge is -2.21. The second-order valence-corrected chi connectivity index (χ2v) is 5.27. The number of carbonyl (C=O) groups excluding carboxylic acids is 3. The van der Waals surface area contributed by atoms with E-state index in [1.807, 2.05) is 0 Å². The Kier molecular flexibility index (Phi) is 8.69. The number of carbonyl (C=O) groups is 3. The van der Waals surface area contributed by atoms with E-state index in [1.165, 1.54) is 6.92 Å². The van der Waals surface area contributed by atoms with Gasteiger partial charge in [0, 0.05) is 5.57 Å². The fraction of sp³-hybridized carbons (Fsp3) is 0.643. The van der Waals surface area contributed by atoms with Gasteiger partial charge in [-0.25, -0.2) is 4.79 Å². The van der Waals surface area contributed by atoms with Crippen molar-refractivity contribution in [2.75, 3.05) is 19.1 Å². The fourth-order valence-corrected chi connectivity index (χ4v) is 1.11. The molecule has 7 heteroatoms. The molecule has 0 saturated carbocycles. The van der Waals surface area contributed by atoms with Gasteiger partial charge < -0.3 is 14.2 Å². The summed E-state index contributed by atoms with van der Waals surface area (Å²) in [6, 6.07) is 0. The van der Waals surface area contributed by atoms with Gasteiger partial charge in [0.15, 0.2) is 0 Å². The fourth-order valence-electron chi connectivity index (χ4n) is 1.06. The summed E-state index contributed by atoms with van der Waals surface area (Å²) in [6.45, 7) is 8.09. The van der Waals surface area contributed by atoms with E-state index in [9.17, 15) is 14.4 Å². The van der Waals surface area contributed by atoms with Crippen LogP contribution in [0, 0.1) is 0 Å². The van der Waals surface area contributed by atoms with Crippen molar-refractivity contribution in [3.05, 3.63) is 12.2 Å². The van der Waals surface area contributed by atoms with Gasteiger partial charge in [0.1, 0.15) is 18.8 Å². The molecular formula is C14H21ClO6. The van der Waals surface area contributed by atoms with E-state index in [-0.39, 0.29) is 37.5 Å². The molecule has 0 aromatic rings. The van der Waals surface area contributed by atoms with Gasteiger partial charge >= 0.3 is 17.9 Å². The Morgan fingerprint density at radius 2 is 1.57 bits per heavy atom. The van der Waals surface area contributed by atoms with Crippen LogP contribution < -0.4 is 0 Å². The second kappa shape index (κ2) is 9.39. The largest absolute Gasteiger partial charge is 0.465 e. The molecule has 0 radical (unpaired) electrons. The molecule has 0 amide bonds. The van der Waals surface area contributed by atoms with Gasteiger partial charge in [-0.3, -0.25) is 9.59 Å². The average Bonchev–Trinajstić information content (AvgIpc) is 2.37. The lowest BCUT2D eigenvalue weighted by atomic mass is 10.2. The molecule has 0 aliphatic carbocycles. The van der Waals surface area contributed by atoms with Crippen LogP contribution in [0.25, 0.3) is 0 Å². The van der Waals surface area contributed by atoms with Gasteiger partial charge in [0.05, 0.1) is 18.7 Å². The number of alkyl halides is 1. The van der Waals surface area contributed by atoms with Crippen LogP contribution in [0.5, 0.6) is 0 Å². The zero-order valence-corrected chi connectivity index (χ0v) is 13.3. The molecule has 0 aromatic carbocycles. The van der Waals surface area contributed by atoms with Crippen LogP contribution in [0.15, 0.2) is 12.2 Å². The quantitative estimate of drug-likeness (QED) is 0.280. The number of ether oxygens (including phenoxy) is 3. The van der Waals surface area contributed by atoms with Crippen molar-refractivity contribution < 1.29 is 28.6 Å². The standard InChI is InChI=1S/C14H21ClO6/c1-10(2)13(18)20-8-5-11(16)19-7-6-12(17)21-14(3,4)9-15/h1,5-9H2,2-4H3. The Labute approximate surface area is 129 Å². The second-order valence-electron chi connectivity index (χ2n) is 5.00. The van der Waals surface area contributed by atoms with Crippen LogP contribution in [0.2, 0.25) is 0 Å². The number of esters is 3. The molecule has 21 heavy (non-hydrogen) atoms. The number of hydrogen-bond donors (Lipinski definition) is 0. The molecule has 0 aliphatic heterocycles. The highest BCUT2D eigenvalue weighted by Gasteiger charge is 2.21. The van der Waals surface area contributed by atoms with Gasteiger partial charge in [-0.05, 0) is 20.8 Å². The Bertz CT molecular complexity index is 402. The summed E-state index contributed by atoms with van der Waals surface area (Å²) in [7, 11) is 0. The monoisotopic (exact) mass is 320 g/mol. The molecule has 0 unspecified atom stereocenters. The topological polar surface area (TPSA) is 78.9 Å². The molecule has 0 fully saturated rings. The van der Waals surface area contributed by atoms with Gasteiger partial charge in [-0.1, -0.05) is 6.58 Å². The number of hydrogen-bond acceptors (Lipinski definition) is 6. The van der Waals surface area contributed by atoms with Crippen molar-refractivity contribution in [3.8, 4) is 0 Å². The van der Waals surface area contributed by atoms with Crippen molar-refractivity contribution >= 4 is 29.5 Å². The first-order chi connectivity index (χ1) is 9.68. The average molecular weight is 321 g/mol. The number of rotatable bonds is 9. The van der Waals surface area contributed by atoms with E-state index >= 15 is 0 Å². The smallest absolute Gasteiger partial charge is 0.333 e. The zero-order valence-electron chi connectivity index (χ0n) is 12.6. The van der Waals surface area contributed by atoms with Gasteiger partial charge in [-0.15, -0.1) is 11.6 Å². The summed E-state index contributed by atoms with van der Waals surface area (Å²) in [5, 5.41) is 0. The van der Waals surface area contributed by atoms with Crippen molar-refractivity contribution in [1.29, 1.82) is 0 Å². The van der Waals surface area contributed by atoms with Crippen molar-refractivity contribution in [3.63, 3.8) is 0 Å². The molecule has 0 aliphatic rings. The molecule has 0 saturated heterocycles. The summed E-state index contributed by atoms with van der Waals surface area (Å²) < 4.78 is 14.6. The summed E-state index contributed by atoms with van der Waals surface area (Å²) >= 11 is 5.62. The van der Waals surface area contributed by atoms with Crippen LogP contribution in [-0.2, 0) is 28.6 Å². The van der Waals surface area contributed by atoms with Crippen LogP contribution in [0.1, 0.15) is 33.6 Å². The first-order valence-corrected chi connectivity index (χ1v) is 6.97. The van der Waals surface area contributed by atoms with Crippen LogP contribution in [-0.4, -0.2) is 42.6 Å². The maximum atomic E-state index is 11.4. The molecule has 0 N–H and O–H groups in total. The zero-order chi connectivity index (χ0) is 16.5. The highest BCUT2D eigenvalue weighted by Crippen LogP contribution is 2.12. The van der Waals surface area contributed by atoms with E-state index in [2.05, 4.69) is 6.58 Å².